The van der Waals surface area contributed by atoms with Crippen LogP contribution in [0.3, 0.4) is 0 Å². The molecule has 1 aromatic carbocycles. The number of benzene rings is 1. The lowest BCUT2D eigenvalue weighted by Gasteiger charge is -2.08. The van der Waals surface area contributed by atoms with Gasteiger partial charge >= 0.3 is 5.97 Å². The number of carbonyl (C=O) groups is 1. The quantitative estimate of drug-likeness (QED) is 0.381. The highest BCUT2D eigenvalue weighted by atomic mass is 16.6. The second kappa shape index (κ2) is 7.32. The van der Waals surface area contributed by atoms with Gasteiger partial charge in [0.1, 0.15) is 0 Å². The van der Waals surface area contributed by atoms with Gasteiger partial charge in [0.05, 0.1) is 34.0 Å². The van der Waals surface area contributed by atoms with Crippen LogP contribution in [0.5, 0.6) is 0 Å². The van der Waals surface area contributed by atoms with E-state index in [0.717, 1.165) is 0 Å². The van der Waals surface area contributed by atoms with Gasteiger partial charge in [-0.25, -0.2) is 4.79 Å². The van der Waals surface area contributed by atoms with Crippen LogP contribution >= 0.6 is 0 Å². The first-order chi connectivity index (χ1) is 12.9. The minimum Gasteiger partial charge on any atom is -0.462 e. The maximum Gasteiger partial charge on any atom is 0.339 e. The van der Waals surface area contributed by atoms with Gasteiger partial charge in [0.15, 0.2) is 0 Å². The normalized spacial score (nSPS) is 10.6. The number of non-ortho nitro benzene ring substituents is 1. The number of nitrogens with zero attached hydrogens (tertiary/aromatic N) is 4. The summed E-state index contributed by atoms with van der Waals surface area (Å²) in [5.74, 6) is -0.0738. The van der Waals surface area contributed by atoms with Crippen molar-refractivity contribution >= 4 is 11.7 Å². The number of hydrogen-bond donors (Lipinski definition) is 0. The molecule has 0 unspecified atom stereocenters. The predicted octanol–water partition coefficient (Wildman–Crippen LogP) is 3.50. The first-order valence-electron chi connectivity index (χ1n) is 8.14. The van der Waals surface area contributed by atoms with Crippen LogP contribution in [0, 0.1) is 24.0 Å². The van der Waals surface area contributed by atoms with Crippen molar-refractivity contribution in [2.24, 2.45) is 0 Å². The van der Waals surface area contributed by atoms with E-state index in [1.165, 1.54) is 24.3 Å². The molecule has 0 aliphatic rings. The number of rotatable bonds is 5. The molecular formula is C18H16N4O5. The Bertz CT molecular complexity index is 1010. The van der Waals surface area contributed by atoms with Crippen LogP contribution in [-0.4, -0.2) is 32.7 Å². The third-order valence-corrected chi connectivity index (χ3v) is 3.88. The van der Waals surface area contributed by atoms with E-state index in [1.54, 1.807) is 26.8 Å². The average molecular weight is 368 g/mol. The summed E-state index contributed by atoms with van der Waals surface area (Å²) < 4.78 is 10.7. The van der Waals surface area contributed by atoms with E-state index in [2.05, 4.69) is 15.2 Å². The summed E-state index contributed by atoms with van der Waals surface area (Å²) in [6.45, 7) is 5.47. The summed E-state index contributed by atoms with van der Waals surface area (Å²) in [6, 6.07) is 7.38. The van der Waals surface area contributed by atoms with Gasteiger partial charge in [0.2, 0.25) is 11.8 Å². The van der Waals surface area contributed by atoms with Crippen LogP contribution in [0.1, 0.15) is 28.7 Å². The van der Waals surface area contributed by atoms with Gasteiger partial charge in [-0.15, -0.1) is 10.2 Å². The maximum absolute atomic E-state index is 12.1. The van der Waals surface area contributed by atoms with Crippen molar-refractivity contribution in [1.29, 1.82) is 0 Å². The zero-order chi connectivity index (χ0) is 19.6. The molecule has 2 aromatic heterocycles. The molecule has 0 aliphatic carbocycles. The summed E-state index contributed by atoms with van der Waals surface area (Å²) in [6.07, 6.45) is 0. The van der Waals surface area contributed by atoms with Crippen LogP contribution in [0.4, 0.5) is 5.69 Å². The number of pyridine rings is 1. The van der Waals surface area contributed by atoms with E-state index < -0.39 is 10.9 Å². The van der Waals surface area contributed by atoms with Crippen molar-refractivity contribution in [3.05, 3.63) is 57.4 Å². The number of aryl methyl sites for hydroxylation is 2. The first-order valence-corrected chi connectivity index (χ1v) is 8.14. The summed E-state index contributed by atoms with van der Waals surface area (Å²) in [5, 5.41) is 18.7. The molecule has 2 heterocycles. The van der Waals surface area contributed by atoms with Gasteiger partial charge in [-0.05, 0) is 39.0 Å². The van der Waals surface area contributed by atoms with E-state index >= 15 is 0 Å². The molecule has 0 bridgehead atoms. The van der Waals surface area contributed by atoms with Crippen LogP contribution < -0.4 is 0 Å². The van der Waals surface area contributed by atoms with Crippen LogP contribution in [-0.2, 0) is 4.74 Å². The highest BCUT2D eigenvalue weighted by Crippen LogP contribution is 2.28. The molecule has 0 amide bonds. The zero-order valence-corrected chi connectivity index (χ0v) is 14.9. The number of nitro groups is 1. The third kappa shape index (κ3) is 3.66. The van der Waals surface area contributed by atoms with Crippen LogP contribution in [0.2, 0.25) is 0 Å². The smallest absolute Gasteiger partial charge is 0.339 e. The fourth-order valence-electron chi connectivity index (χ4n) is 2.53. The minimum atomic E-state index is -0.485. The monoisotopic (exact) mass is 368 g/mol. The highest BCUT2D eigenvalue weighted by Gasteiger charge is 2.19. The van der Waals surface area contributed by atoms with Crippen molar-refractivity contribution in [2.75, 3.05) is 6.61 Å². The van der Waals surface area contributed by atoms with Gasteiger partial charge in [-0.2, -0.15) is 0 Å². The first kappa shape index (κ1) is 18.2. The van der Waals surface area contributed by atoms with E-state index in [4.69, 9.17) is 9.15 Å². The van der Waals surface area contributed by atoms with E-state index in [-0.39, 0.29) is 24.1 Å². The Kier molecular flexibility index (Phi) is 4.93. The fourth-order valence-corrected chi connectivity index (χ4v) is 2.53. The van der Waals surface area contributed by atoms with Gasteiger partial charge in [0, 0.05) is 17.7 Å². The number of nitro benzene ring substituents is 1. The van der Waals surface area contributed by atoms with Gasteiger partial charge < -0.3 is 9.15 Å². The van der Waals surface area contributed by atoms with E-state index in [0.29, 0.717) is 28.1 Å². The molecule has 138 valence electrons. The molecule has 0 radical (unpaired) electrons. The van der Waals surface area contributed by atoms with Crippen molar-refractivity contribution in [3.8, 4) is 22.9 Å². The Morgan fingerprint density at radius 1 is 1.15 bits per heavy atom. The number of ether oxygens (including phenoxy) is 1. The Morgan fingerprint density at radius 3 is 2.44 bits per heavy atom. The Hall–Kier alpha value is -3.62. The highest BCUT2D eigenvalue weighted by molar-refractivity contribution is 5.92. The van der Waals surface area contributed by atoms with Crippen molar-refractivity contribution < 1.29 is 18.9 Å². The Balaban J connectivity index is 1.97. The molecule has 0 saturated carbocycles. The number of carbonyl (C=O) groups excluding carboxylic acids is 1. The molecular weight excluding hydrogens is 352 g/mol. The molecule has 0 aliphatic heterocycles. The lowest BCUT2D eigenvalue weighted by atomic mass is 10.1. The predicted molar refractivity (Wildman–Crippen MR) is 95.0 cm³/mol. The molecule has 0 atom stereocenters. The van der Waals surface area contributed by atoms with Gasteiger partial charge in [-0.3, -0.25) is 15.1 Å². The van der Waals surface area contributed by atoms with Gasteiger partial charge in [-0.1, -0.05) is 0 Å². The molecule has 0 spiro atoms. The molecule has 9 heteroatoms. The summed E-state index contributed by atoms with van der Waals surface area (Å²) in [5.41, 5.74) is 2.53. The Labute approximate surface area is 154 Å². The lowest BCUT2D eigenvalue weighted by Crippen LogP contribution is -2.09. The topological polar surface area (TPSA) is 121 Å². The average Bonchev–Trinajstić information content (AvgIpc) is 3.12. The third-order valence-electron chi connectivity index (χ3n) is 3.88. The molecule has 3 aromatic rings. The van der Waals surface area contributed by atoms with Crippen molar-refractivity contribution in [1.82, 2.24) is 15.2 Å². The van der Waals surface area contributed by atoms with Crippen molar-refractivity contribution in [2.45, 2.75) is 20.8 Å². The second-order valence-electron chi connectivity index (χ2n) is 5.69. The summed E-state index contributed by atoms with van der Waals surface area (Å²) in [7, 11) is 0. The van der Waals surface area contributed by atoms with Crippen LogP contribution in [0.25, 0.3) is 22.9 Å². The Morgan fingerprint density at radius 2 is 1.81 bits per heavy atom. The molecule has 9 nitrogen and oxygen atoms in total. The maximum atomic E-state index is 12.1. The molecule has 0 saturated heterocycles. The van der Waals surface area contributed by atoms with Crippen molar-refractivity contribution in [3.63, 3.8) is 0 Å². The fraction of sp³-hybridized carbons (Fsp3) is 0.222. The molecule has 0 N–H and O–H groups in total. The standard InChI is InChI=1S/C18H16N4O5/c1-4-26-18(23)15-9-14(10(2)19-11(15)3)17-21-20-16(27-17)12-5-7-13(8-6-12)22(24)25/h5-9H,4H2,1-3H3. The number of aromatic nitrogens is 3. The molecule has 27 heavy (non-hydrogen) atoms. The molecule has 0 fully saturated rings. The second-order valence-corrected chi connectivity index (χ2v) is 5.69. The van der Waals surface area contributed by atoms with E-state index in [9.17, 15) is 14.9 Å². The van der Waals surface area contributed by atoms with Gasteiger partial charge in [0.25, 0.3) is 5.69 Å². The minimum absolute atomic E-state index is 0.0313. The summed E-state index contributed by atoms with van der Waals surface area (Å²) in [4.78, 5) is 26.7. The number of esters is 1. The van der Waals surface area contributed by atoms with Crippen LogP contribution in [0.15, 0.2) is 34.7 Å². The number of hydrogen-bond acceptors (Lipinski definition) is 8. The largest absolute Gasteiger partial charge is 0.462 e. The molecule has 3 rings (SSSR count). The SMILES string of the molecule is CCOC(=O)c1cc(-c2nnc(-c3ccc([N+](=O)[O-])cc3)o2)c(C)nc1C. The van der Waals surface area contributed by atoms with E-state index in [1.807, 2.05) is 0 Å². The zero-order valence-electron chi connectivity index (χ0n) is 14.9. The summed E-state index contributed by atoms with van der Waals surface area (Å²) >= 11 is 0. The lowest BCUT2D eigenvalue weighted by molar-refractivity contribution is -0.384.